The Labute approximate surface area is 129 Å². The van der Waals surface area contributed by atoms with Gasteiger partial charge in [0.15, 0.2) is 0 Å². The molecule has 0 aliphatic carbocycles. The molecule has 0 bridgehead atoms. The van der Waals surface area contributed by atoms with Crippen LogP contribution in [0.3, 0.4) is 0 Å². The number of hydrogen-bond donors (Lipinski definition) is 1. The Morgan fingerprint density at radius 3 is 3.00 bits per heavy atom. The number of halogens is 2. The topological polar surface area (TPSA) is 41.6 Å². The molecular formula is C15H20ClFN2O2. The van der Waals surface area contributed by atoms with Gasteiger partial charge in [0, 0.05) is 31.3 Å². The Kier molecular flexibility index (Phi) is 5.96. The van der Waals surface area contributed by atoms with Crippen molar-refractivity contribution >= 4 is 17.5 Å². The molecule has 0 saturated carbocycles. The number of amides is 1. The third kappa shape index (κ3) is 4.40. The predicted octanol–water partition coefficient (Wildman–Crippen LogP) is 2.32. The average Bonchev–Trinajstić information content (AvgIpc) is 2.95. The second-order valence-corrected chi connectivity index (χ2v) is 5.60. The van der Waals surface area contributed by atoms with Crippen LogP contribution in [0.2, 0.25) is 5.02 Å². The van der Waals surface area contributed by atoms with Crippen molar-refractivity contribution in [2.75, 3.05) is 33.4 Å². The van der Waals surface area contributed by atoms with Crippen LogP contribution in [0.15, 0.2) is 18.2 Å². The molecule has 0 spiro atoms. The lowest BCUT2D eigenvalue weighted by atomic mass is 10.1. The molecule has 1 fully saturated rings. The summed E-state index contributed by atoms with van der Waals surface area (Å²) in [5.74, 6) is -0.913. The van der Waals surface area contributed by atoms with Gasteiger partial charge in [0.2, 0.25) is 0 Å². The van der Waals surface area contributed by atoms with Gasteiger partial charge < -0.3 is 15.0 Å². The van der Waals surface area contributed by atoms with Crippen LogP contribution < -0.4 is 5.32 Å². The second kappa shape index (κ2) is 7.73. The van der Waals surface area contributed by atoms with Crippen LogP contribution in [-0.4, -0.2) is 50.2 Å². The second-order valence-electron chi connectivity index (χ2n) is 5.16. The van der Waals surface area contributed by atoms with Gasteiger partial charge in [-0.1, -0.05) is 11.6 Å². The molecule has 1 aromatic carbocycles. The minimum Gasteiger partial charge on any atom is -0.383 e. The highest BCUT2D eigenvalue weighted by atomic mass is 35.5. The Morgan fingerprint density at radius 2 is 2.38 bits per heavy atom. The first kappa shape index (κ1) is 16.2. The summed E-state index contributed by atoms with van der Waals surface area (Å²) < 4.78 is 19.0. The van der Waals surface area contributed by atoms with Gasteiger partial charge in [-0.05, 0) is 37.6 Å². The van der Waals surface area contributed by atoms with Crippen LogP contribution in [0.25, 0.3) is 0 Å². The van der Waals surface area contributed by atoms with E-state index in [4.69, 9.17) is 16.3 Å². The van der Waals surface area contributed by atoms with E-state index < -0.39 is 5.82 Å². The molecule has 6 heteroatoms. The molecule has 1 unspecified atom stereocenters. The molecule has 1 atom stereocenters. The minimum absolute atomic E-state index is 0.0495. The maximum Gasteiger partial charge on any atom is 0.256 e. The zero-order valence-corrected chi connectivity index (χ0v) is 12.8. The van der Waals surface area contributed by atoms with Gasteiger partial charge >= 0.3 is 0 Å². The number of methoxy groups -OCH3 is 1. The normalized spacial score (nSPS) is 18.0. The average molecular weight is 315 g/mol. The van der Waals surface area contributed by atoms with Crippen molar-refractivity contribution in [1.29, 1.82) is 0 Å². The van der Waals surface area contributed by atoms with E-state index in [9.17, 15) is 9.18 Å². The fourth-order valence-corrected chi connectivity index (χ4v) is 2.65. The maximum atomic E-state index is 13.9. The minimum atomic E-state index is -0.589. The number of rotatable bonds is 6. The van der Waals surface area contributed by atoms with Gasteiger partial charge in [-0.25, -0.2) is 4.39 Å². The lowest BCUT2D eigenvalue weighted by Crippen LogP contribution is -2.43. The molecule has 1 amide bonds. The van der Waals surface area contributed by atoms with Crippen LogP contribution in [0.1, 0.15) is 23.2 Å². The molecule has 1 N–H and O–H groups in total. The van der Waals surface area contributed by atoms with E-state index in [0.29, 0.717) is 19.7 Å². The van der Waals surface area contributed by atoms with Crippen molar-refractivity contribution in [2.45, 2.75) is 18.9 Å². The zero-order chi connectivity index (χ0) is 15.2. The number of ether oxygens (including phenoxy) is 1. The summed E-state index contributed by atoms with van der Waals surface area (Å²) in [5, 5.41) is 3.63. The fraction of sp³-hybridized carbons (Fsp3) is 0.533. The molecule has 1 aliphatic rings. The number of nitrogens with zero attached hydrogens (tertiary/aromatic N) is 1. The van der Waals surface area contributed by atoms with Gasteiger partial charge in [0.25, 0.3) is 5.91 Å². The molecule has 4 nitrogen and oxygen atoms in total. The summed E-state index contributed by atoms with van der Waals surface area (Å²) in [7, 11) is 1.58. The molecule has 0 radical (unpaired) electrons. The van der Waals surface area contributed by atoms with Crippen molar-refractivity contribution in [2.24, 2.45) is 0 Å². The first-order valence-corrected chi connectivity index (χ1v) is 7.46. The van der Waals surface area contributed by atoms with Crippen molar-refractivity contribution < 1.29 is 13.9 Å². The molecule has 1 heterocycles. The molecule has 1 aromatic rings. The van der Waals surface area contributed by atoms with Gasteiger partial charge in [0.1, 0.15) is 5.82 Å². The van der Waals surface area contributed by atoms with E-state index in [1.54, 1.807) is 12.0 Å². The molecular weight excluding hydrogens is 295 g/mol. The quantitative estimate of drug-likeness (QED) is 0.876. The summed E-state index contributed by atoms with van der Waals surface area (Å²) in [6.07, 6.45) is 2.13. The molecule has 1 saturated heterocycles. The third-order valence-corrected chi connectivity index (χ3v) is 3.85. The highest BCUT2D eigenvalue weighted by molar-refractivity contribution is 6.30. The molecule has 116 valence electrons. The predicted molar refractivity (Wildman–Crippen MR) is 80.2 cm³/mol. The fourth-order valence-electron chi connectivity index (χ4n) is 2.49. The number of nitrogens with one attached hydrogen (secondary N) is 1. The summed E-state index contributed by atoms with van der Waals surface area (Å²) in [5.41, 5.74) is 0.0495. The smallest absolute Gasteiger partial charge is 0.256 e. The Balaban J connectivity index is 2.11. The number of carbonyl (C=O) groups is 1. The molecule has 1 aliphatic heterocycles. The Morgan fingerprint density at radius 1 is 1.57 bits per heavy atom. The zero-order valence-electron chi connectivity index (χ0n) is 12.1. The monoisotopic (exact) mass is 314 g/mol. The van der Waals surface area contributed by atoms with E-state index >= 15 is 0 Å². The lowest BCUT2D eigenvalue weighted by Gasteiger charge is -2.26. The third-order valence-electron chi connectivity index (χ3n) is 3.62. The maximum absolute atomic E-state index is 13.9. The summed E-state index contributed by atoms with van der Waals surface area (Å²) in [6, 6.07) is 4.39. The Bertz CT molecular complexity index is 493. The Hall–Kier alpha value is -1.17. The van der Waals surface area contributed by atoms with Gasteiger partial charge in [-0.3, -0.25) is 4.79 Å². The van der Waals surface area contributed by atoms with Crippen LogP contribution in [0.4, 0.5) is 4.39 Å². The standard InChI is InChI=1S/C15H20ClFN2O2/c1-21-8-7-19(10-12-3-2-6-18-12)15(20)13-5-4-11(16)9-14(13)17/h4-5,9,12,18H,2-3,6-8,10H2,1H3. The van der Waals surface area contributed by atoms with Crippen molar-refractivity contribution in [3.05, 3.63) is 34.6 Å². The van der Waals surface area contributed by atoms with Gasteiger partial charge in [0.05, 0.1) is 12.2 Å². The molecule has 2 rings (SSSR count). The highest BCUT2D eigenvalue weighted by Gasteiger charge is 2.24. The van der Waals surface area contributed by atoms with Gasteiger partial charge in [-0.2, -0.15) is 0 Å². The molecule has 0 aromatic heterocycles. The summed E-state index contributed by atoms with van der Waals surface area (Å²) in [6.45, 7) is 2.39. The van der Waals surface area contributed by atoms with Crippen LogP contribution >= 0.6 is 11.6 Å². The molecule has 21 heavy (non-hydrogen) atoms. The largest absolute Gasteiger partial charge is 0.383 e. The lowest BCUT2D eigenvalue weighted by molar-refractivity contribution is 0.0674. The number of carbonyl (C=O) groups excluding carboxylic acids is 1. The summed E-state index contributed by atoms with van der Waals surface area (Å²) >= 11 is 5.73. The summed E-state index contributed by atoms with van der Waals surface area (Å²) in [4.78, 5) is 14.2. The van der Waals surface area contributed by atoms with Crippen LogP contribution in [0, 0.1) is 5.82 Å². The van der Waals surface area contributed by atoms with E-state index in [-0.39, 0.29) is 22.5 Å². The van der Waals surface area contributed by atoms with E-state index in [1.807, 2.05) is 0 Å². The van der Waals surface area contributed by atoms with Gasteiger partial charge in [-0.15, -0.1) is 0 Å². The number of hydrogen-bond acceptors (Lipinski definition) is 3. The van der Waals surface area contributed by atoms with E-state index in [0.717, 1.165) is 25.5 Å². The first-order chi connectivity index (χ1) is 10.1. The number of benzene rings is 1. The van der Waals surface area contributed by atoms with E-state index in [2.05, 4.69) is 5.32 Å². The van der Waals surface area contributed by atoms with Crippen molar-refractivity contribution in [3.8, 4) is 0 Å². The van der Waals surface area contributed by atoms with Crippen molar-refractivity contribution in [1.82, 2.24) is 10.2 Å². The van der Waals surface area contributed by atoms with Crippen LogP contribution in [-0.2, 0) is 4.74 Å². The highest BCUT2D eigenvalue weighted by Crippen LogP contribution is 2.17. The van der Waals surface area contributed by atoms with Crippen molar-refractivity contribution in [3.63, 3.8) is 0 Å². The first-order valence-electron chi connectivity index (χ1n) is 7.08. The van der Waals surface area contributed by atoms with E-state index in [1.165, 1.54) is 12.1 Å². The van der Waals surface area contributed by atoms with Crippen LogP contribution in [0.5, 0.6) is 0 Å². The SMILES string of the molecule is COCCN(CC1CCCN1)C(=O)c1ccc(Cl)cc1F.